The highest BCUT2D eigenvalue weighted by atomic mass is 16.2. The summed E-state index contributed by atoms with van der Waals surface area (Å²) < 4.78 is 0. The van der Waals surface area contributed by atoms with Crippen molar-refractivity contribution in [2.45, 2.75) is 12.6 Å². The maximum atomic E-state index is 11.2. The van der Waals surface area contributed by atoms with Gasteiger partial charge in [-0.05, 0) is 6.42 Å². The van der Waals surface area contributed by atoms with E-state index in [4.69, 9.17) is 0 Å². The molecule has 2 atom stereocenters. The monoisotopic (exact) mass is 170 g/mol. The summed E-state index contributed by atoms with van der Waals surface area (Å²) in [7, 11) is 0. The smallest absolute Gasteiger partial charge is 0.320 e. The highest BCUT2D eigenvalue weighted by molar-refractivity contribution is 5.98. The van der Waals surface area contributed by atoms with Crippen LogP contribution in [0.1, 0.15) is 6.42 Å². The highest BCUT2D eigenvalue weighted by Crippen LogP contribution is 2.12. The van der Waals surface area contributed by atoms with E-state index in [1.54, 1.807) is 0 Å². The van der Waals surface area contributed by atoms with Gasteiger partial charge in [-0.1, -0.05) is 0 Å². The largest absolute Gasteiger partial charge is 0.322 e. The Hall–Kier alpha value is -1.14. The van der Waals surface area contributed by atoms with Gasteiger partial charge in [-0.15, -0.1) is 0 Å². The minimum Gasteiger partial charge on any atom is -0.320 e. The minimum atomic E-state index is -0.433. The summed E-state index contributed by atoms with van der Waals surface area (Å²) in [6, 6.07) is -0.433. The summed E-state index contributed by atoms with van der Waals surface area (Å²) >= 11 is 0. The van der Waals surface area contributed by atoms with Crippen molar-refractivity contribution in [3.8, 4) is 0 Å². The molecule has 2 saturated heterocycles. The molecule has 2 unspecified atom stereocenters. The first-order valence-electron chi connectivity index (χ1n) is 3.87. The first-order chi connectivity index (χ1) is 5.77. The van der Waals surface area contributed by atoms with Crippen molar-refractivity contribution < 1.29 is 9.59 Å². The summed E-state index contributed by atoms with van der Waals surface area (Å²) in [6.07, 6.45) is 0.476. The van der Waals surface area contributed by atoms with E-state index in [9.17, 15) is 9.59 Å². The topological polar surface area (TPSA) is 82.3 Å². The zero-order valence-electron chi connectivity index (χ0n) is 6.39. The van der Waals surface area contributed by atoms with E-state index < -0.39 is 6.03 Å². The fraction of sp³-hybridized carbons (Fsp3) is 0.667. The maximum absolute atomic E-state index is 11.2. The molecular formula is C6H10N4O2. The summed E-state index contributed by atoms with van der Waals surface area (Å²) in [5, 5.41) is 4.83. The maximum Gasteiger partial charge on any atom is 0.322 e. The average Bonchev–Trinajstić information content (AvgIpc) is 2.04. The zero-order chi connectivity index (χ0) is 8.55. The lowest BCUT2D eigenvalue weighted by Gasteiger charge is -2.35. The van der Waals surface area contributed by atoms with Crippen molar-refractivity contribution in [1.29, 1.82) is 0 Å². The molecule has 0 aromatic heterocycles. The second kappa shape index (κ2) is 2.72. The second-order valence-electron chi connectivity index (χ2n) is 2.91. The molecule has 2 fully saturated rings. The number of amides is 3. The number of nitrogens with one attached hydrogen (secondary N) is 4. The van der Waals surface area contributed by atoms with Crippen LogP contribution in [0, 0.1) is 5.92 Å². The Kier molecular flexibility index (Phi) is 1.70. The first-order valence-corrected chi connectivity index (χ1v) is 3.87. The molecule has 6 heteroatoms. The van der Waals surface area contributed by atoms with Gasteiger partial charge in [-0.2, -0.15) is 0 Å². The molecule has 0 radical (unpaired) electrons. The fourth-order valence-electron chi connectivity index (χ4n) is 1.48. The van der Waals surface area contributed by atoms with E-state index in [1.807, 2.05) is 0 Å². The first kappa shape index (κ1) is 7.51. The SMILES string of the molecule is O=C1NC(=O)C2CCNNC2N1. The van der Waals surface area contributed by atoms with E-state index in [-0.39, 0.29) is 18.0 Å². The molecule has 2 aliphatic heterocycles. The lowest BCUT2D eigenvalue weighted by Crippen LogP contribution is -2.68. The Balaban J connectivity index is 2.11. The van der Waals surface area contributed by atoms with Gasteiger partial charge in [0.2, 0.25) is 5.91 Å². The van der Waals surface area contributed by atoms with Crippen LogP contribution in [-0.4, -0.2) is 24.6 Å². The molecule has 0 spiro atoms. The van der Waals surface area contributed by atoms with Gasteiger partial charge in [0.05, 0.1) is 5.92 Å². The van der Waals surface area contributed by atoms with Gasteiger partial charge in [0, 0.05) is 6.54 Å². The summed E-state index contributed by atoms with van der Waals surface area (Å²) in [5.41, 5.74) is 5.72. The highest BCUT2D eigenvalue weighted by Gasteiger charge is 2.36. The van der Waals surface area contributed by atoms with Crippen molar-refractivity contribution in [3.63, 3.8) is 0 Å². The molecule has 0 aliphatic carbocycles. The van der Waals surface area contributed by atoms with Gasteiger partial charge in [0.1, 0.15) is 6.17 Å². The Bertz CT molecular complexity index is 230. The Morgan fingerprint density at radius 3 is 3.00 bits per heavy atom. The number of rotatable bonds is 0. The van der Waals surface area contributed by atoms with Gasteiger partial charge in [-0.25, -0.2) is 10.2 Å². The second-order valence-corrected chi connectivity index (χ2v) is 2.91. The van der Waals surface area contributed by atoms with E-state index >= 15 is 0 Å². The Labute approximate surface area is 69.0 Å². The molecule has 2 rings (SSSR count). The number of carbonyl (C=O) groups excluding carboxylic acids is 2. The molecule has 0 bridgehead atoms. The predicted molar refractivity (Wildman–Crippen MR) is 39.7 cm³/mol. The molecule has 0 saturated carbocycles. The lowest BCUT2D eigenvalue weighted by atomic mass is 9.98. The molecule has 66 valence electrons. The van der Waals surface area contributed by atoms with Crippen LogP contribution in [0.5, 0.6) is 0 Å². The molecular weight excluding hydrogens is 160 g/mol. The molecule has 2 aliphatic rings. The van der Waals surface area contributed by atoms with Gasteiger partial charge in [0.15, 0.2) is 0 Å². The molecule has 0 aromatic carbocycles. The van der Waals surface area contributed by atoms with Gasteiger partial charge in [-0.3, -0.25) is 15.5 Å². The van der Waals surface area contributed by atoms with Crippen molar-refractivity contribution >= 4 is 11.9 Å². The predicted octanol–water partition coefficient (Wildman–Crippen LogP) is -1.73. The third kappa shape index (κ3) is 1.15. The molecule has 12 heavy (non-hydrogen) atoms. The van der Waals surface area contributed by atoms with Crippen molar-refractivity contribution in [2.24, 2.45) is 5.92 Å². The summed E-state index contributed by atoms with van der Waals surface area (Å²) in [5.74, 6) is -0.346. The van der Waals surface area contributed by atoms with Crippen LogP contribution in [0.15, 0.2) is 0 Å². The van der Waals surface area contributed by atoms with Crippen molar-refractivity contribution in [1.82, 2.24) is 21.5 Å². The normalized spacial score (nSPS) is 35.0. The van der Waals surface area contributed by atoms with E-state index in [1.165, 1.54) is 0 Å². The van der Waals surface area contributed by atoms with Gasteiger partial charge in [0.25, 0.3) is 0 Å². The van der Waals surface area contributed by atoms with E-state index in [0.29, 0.717) is 0 Å². The van der Waals surface area contributed by atoms with Crippen LogP contribution in [0.3, 0.4) is 0 Å². The standard InChI is InChI=1S/C6H10N4O2/c11-5-3-1-2-7-10-4(3)8-6(12)9-5/h3-4,7,10H,1-2H2,(H2,8,9,11,12). The summed E-state index contributed by atoms with van der Waals surface area (Å²) in [4.78, 5) is 22.0. The Morgan fingerprint density at radius 1 is 1.33 bits per heavy atom. The van der Waals surface area contributed by atoms with Crippen LogP contribution in [-0.2, 0) is 4.79 Å². The quantitative estimate of drug-likeness (QED) is 0.348. The van der Waals surface area contributed by atoms with E-state index in [2.05, 4.69) is 21.5 Å². The molecule has 6 nitrogen and oxygen atoms in total. The van der Waals surface area contributed by atoms with Crippen LogP contribution in [0.25, 0.3) is 0 Å². The number of fused-ring (bicyclic) bond motifs is 1. The molecule has 4 N–H and O–H groups in total. The number of carbonyl (C=O) groups is 2. The summed E-state index contributed by atoms with van der Waals surface area (Å²) in [6.45, 7) is 0.741. The van der Waals surface area contributed by atoms with Crippen molar-refractivity contribution in [2.75, 3.05) is 6.54 Å². The molecule has 2 heterocycles. The average molecular weight is 170 g/mol. The Morgan fingerprint density at radius 2 is 2.17 bits per heavy atom. The van der Waals surface area contributed by atoms with Gasteiger partial charge >= 0.3 is 6.03 Å². The van der Waals surface area contributed by atoms with Crippen LogP contribution >= 0.6 is 0 Å². The third-order valence-electron chi connectivity index (χ3n) is 2.10. The van der Waals surface area contributed by atoms with Crippen LogP contribution in [0.4, 0.5) is 4.79 Å². The number of hydrogen-bond donors (Lipinski definition) is 4. The van der Waals surface area contributed by atoms with Crippen LogP contribution < -0.4 is 21.5 Å². The van der Waals surface area contributed by atoms with E-state index in [0.717, 1.165) is 13.0 Å². The molecule has 3 amide bonds. The number of imide groups is 1. The number of hydrazine groups is 1. The lowest BCUT2D eigenvalue weighted by molar-refractivity contribution is -0.127. The van der Waals surface area contributed by atoms with Gasteiger partial charge < -0.3 is 5.32 Å². The fourth-order valence-corrected chi connectivity index (χ4v) is 1.48. The van der Waals surface area contributed by atoms with Crippen LogP contribution in [0.2, 0.25) is 0 Å². The zero-order valence-corrected chi connectivity index (χ0v) is 6.39. The van der Waals surface area contributed by atoms with Crippen molar-refractivity contribution in [3.05, 3.63) is 0 Å². The molecule has 0 aromatic rings. The minimum absolute atomic E-state index is 0.149. The third-order valence-corrected chi connectivity index (χ3v) is 2.10. The number of urea groups is 1. The number of hydrogen-bond acceptors (Lipinski definition) is 4.